The predicted molar refractivity (Wildman–Crippen MR) is 101 cm³/mol. The summed E-state index contributed by atoms with van der Waals surface area (Å²) in [6, 6.07) is 6.69. The number of hydrogen-bond acceptors (Lipinski definition) is 4. The second-order valence-electron chi connectivity index (χ2n) is 7.31. The molecule has 0 radical (unpaired) electrons. The van der Waals surface area contributed by atoms with Crippen LogP contribution >= 0.6 is 0 Å². The average Bonchev–Trinajstić information content (AvgIpc) is 2.68. The van der Waals surface area contributed by atoms with E-state index in [0.29, 0.717) is 32.5 Å². The zero-order valence-electron chi connectivity index (χ0n) is 15.8. The zero-order chi connectivity index (χ0) is 19.2. The highest BCUT2D eigenvalue weighted by Gasteiger charge is 2.31. The van der Waals surface area contributed by atoms with Crippen molar-refractivity contribution in [3.8, 4) is 0 Å². The minimum Gasteiger partial charge on any atom is -0.383 e. The summed E-state index contributed by atoms with van der Waals surface area (Å²) >= 11 is 0. The molecule has 0 saturated carbocycles. The lowest BCUT2D eigenvalue weighted by Crippen LogP contribution is -2.50. The Bertz CT molecular complexity index is 644. The molecule has 2 saturated heterocycles. The summed E-state index contributed by atoms with van der Waals surface area (Å²) in [7, 11) is 1.61. The number of hydrogen-bond donors (Lipinski definition) is 1. The Morgan fingerprint density at radius 2 is 1.93 bits per heavy atom. The van der Waals surface area contributed by atoms with Gasteiger partial charge in [-0.05, 0) is 43.5 Å². The van der Waals surface area contributed by atoms with Crippen molar-refractivity contribution in [1.29, 1.82) is 0 Å². The number of benzene rings is 1. The maximum absolute atomic E-state index is 13.1. The van der Waals surface area contributed by atoms with Crippen LogP contribution in [0.25, 0.3) is 0 Å². The summed E-state index contributed by atoms with van der Waals surface area (Å²) in [5.41, 5.74) is 1.01. The van der Waals surface area contributed by atoms with E-state index in [1.807, 2.05) is 0 Å². The van der Waals surface area contributed by atoms with Gasteiger partial charge in [-0.25, -0.2) is 4.39 Å². The van der Waals surface area contributed by atoms with Crippen LogP contribution in [-0.4, -0.2) is 62.7 Å². The van der Waals surface area contributed by atoms with Gasteiger partial charge in [0.25, 0.3) is 0 Å². The number of methoxy groups -OCH3 is 1. The fraction of sp³-hybridized carbons (Fsp3) is 0.600. The molecule has 0 bridgehead atoms. The first kappa shape index (κ1) is 19.6. The third kappa shape index (κ3) is 5.19. The van der Waals surface area contributed by atoms with E-state index in [1.54, 1.807) is 24.1 Å². The molecule has 1 N–H and O–H groups in total. The number of nitrogens with zero attached hydrogens (tertiary/aromatic N) is 2. The van der Waals surface area contributed by atoms with Gasteiger partial charge < -0.3 is 19.9 Å². The summed E-state index contributed by atoms with van der Waals surface area (Å²) in [4.78, 5) is 28.6. The quantitative estimate of drug-likeness (QED) is 0.821. The second-order valence-corrected chi connectivity index (χ2v) is 7.31. The molecule has 7 heteroatoms. The highest BCUT2D eigenvalue weighted by Crippen LogP contribution is 2.22. The van der Waals surface area contributed by atoms with Crippen molar-refractivity contribution < 1.29 is 18.7 Å². The van der Waals surface area contributed by atoms with Gasteiger partial charge in [0.15, 0.2) is 0 Å². The molecule has 2 aliphatic heterocycles. The lowest BCUT2D eigenvalue weighted by molar-refractivity contribution is -0.139. The predicted octanol–water partition coefficient (Wildman–Crippen LogP) is 1.80. The standard InChI is InChI=1S/C20H28FN3O3/c1-27-13-12-24-14-15(2-7-19(24)25)20(26)22-17-8-10-23(11-9-17)18-5-3-16(21)4-6-18/h3-6,15,17H,2,7-14H2,1H3,(H,22,26)/t15-/m0/s1. The fourth-order valence-electron chi connectivity index (χ4n) is 3.80. The molecule has 2 heterocycles. The van der Waals surface area contributed by atoms with Gasteiger partial charge in [0.2, 0.25) is 11.8 Å². The summed E-state index contributed by atoms with van der Waals surface area (Å²) in [5, 5.41) is 3.17. The molecule has 6 nitrogen and oxygen atoms in total. The van der Waals surface area contributed by atoms with Crippen molar-refractivity contribution in [2.45, 2.75) is 31.7 Å². The number of rotatable bonds is 6. The van der Waals surface area contributed by atoms with Crippen LogP contribution in [0.4, 0.5) is 10.1 Å². The molecule has 2 aliphatic rings. The van der Waals surface area contributed by atoms with E-state index in [0.717, 1.165) is 31.6 Å². The van der Waals surface area contributed by atoms with Crippen molar-refractivity contribution in [2.75, 3.05) is 44.8 Å². The van der Waals surface area contributed by atoms with E-state index in [1.165, 1.54) is 12.1 Å². The van der Waals surface area contributed by atoms with E-state index in [4.69, 9.17) is 4.74 Å². The number of anilines is 1. The van der Waals surface area contributed by atoms with E-state index < -0.39 is 0 Å². The first-order chi connectivity index (χ1) is 13.1. The second kappa shape index (κ2) is 9.17. The molecule has 3 rings (SSSR count). The van der Waals surface area contributed by atoms with Crippen LogP contribution < -0.4 is 10.2 Å². The maximum Gasteiger partial charge on any atom is 0.225 e. The monoisotopic (exact) mass is 377 g/mol. The Balaban J connectivity index is 1.46. The van der Waals surface area contributed by atoms with Crippen LogP contribution in [0.1, 0.15) is 25.7 Å². The molecule has 0 aromatic heterocycles. The molecule has 0 aliphatic carbocycles. The van der Waals surface area contributed by atoms with E-state index >= 15 is 0 Å². The Morgan fingerprint density at radius 3 is 2.59 bits per heavy atom. The summed E-state index contributed by atoms with van der Waals surface area (Å²) in [6.45, 7) is 3.17. The third-order valence-electron chi connectivity index (χ3n) is 5.47. The third-order valence-corrected chi connectivity index (χ3v) is 5.47. The highest BCUT2D eigenvalue weighted by molar-refractivity contribution is 5.84. The molecule has 1 aromatic rings. The first-order valence-electron chi connectivity index (χ1n) is 9.64. The maximum atomic E-state index is 13.1. The van der Waals surface area contributed by atoms with Gasteiger partial charge >= 0.3 is 0 Å². The van der Waals surface area contributed by atoms with Crippen LogP contribution in [0, 0.1) is 11.7 Å². The zero-order valence-corrected chi connectivity index (χ0v) is 15.8. The average molecular weight is 377 g/mol. The van der Waals surface area contributed by atoms with Crippen molar-refractivity contribution in [2.24, 2.45) is 5.92 Å². The molecule has 148 valence electrons. The molecular formula is C20H28FN3O3. The minimum atomic E-state index is -0.230. The highest BCUT2D eigenvalue weighted by atomic mass is 19.1. The lowest BCUT2D eigenvalue weighted by atomic mass is 9.95. The summed E-state index contributed by atoms with van der Waals surface area (Å²) in [5.74, 6) is -0.227. The number of nitrogens with one attached hydrogen (secondary N) is 1. The molecule has 0 spiro atoms. The number of ether oxygens (including phenoxy) is 1. The molecule has 1 aromatic carbocycles. The van der Waals surface area contributed by atoms with Crippen LogP contribution in [0.5, 0.6) is 0 Å². The van der Waals surface area contributed by atoms with Crippen LogP contribution in [-0.2, 0) is 14.3 Å². The number of halogens is 1. The first-order valence-corrected chi connectivity index (χ1v) is 9.64. The number of carbonyl (C=O) groups excluding carboxylic acids is 2. The fourth-order valence-corrected chi connectivity index (χ4v) is 3.80. The van der Waals surface area contributed by atoms with Crippen molar-refractivity contribution >= 4 is 17.5 Å². The molecule has 0 unspecified atom stereocenters. The van der Waals surface area contributed by atoms with Gasteiger partial charge in [-0.1, -0.05) is 0 Å². The largest absolute Gasteiger partial charge is 0.383 e. The van der Waals surface area contributed by atoms with Crippen molar-refractivity contribution in [3.63, 3.8) is 0 Å². The molecule has 2 fully saturated rings. The topological polar surface area (TPSA) is 61.9 Å². The smallest absolute Gasteiger partial charge is 0.225 e. The van der Waals surface area contributed by atoms with Crippen LogP contribution in [0.3, 0.4) is 0 Å². The SMILES string of the molecule is COCCN1C[C@@H](C(=O)NC2CCN(c3ccc(F)cc3)CC2)CCC1=O. The van der Waals surface area contributed by atoms with Gasteiger partial charge in [0.1, 0.15) is 5.82 Å². The van der Waals surface area contributed by atoms with Crippen LogP contribution in [0.15, 0.2) is 24.3 Å². The van der Waals surface area contributed by atoms with Crippen LogP contribution in [0.2, 0.25) is 0 Å². The van der Waals surface area contributed by atoms with E-state index in [2.05, 4.69) is 10.2 Å². The Hall–Kier alpha value is -2.15. The number of carbonyl (C=O) groups is 2. The minimum absolute atomic E-state index is 0.0464. The number of piperidine rings is 2. The van der Waals surface area contributed by atoms with Crippen molar-refractivity contribution in [3.05, 3.63) is 30.1 Å². The lowest BCUT2D eigenvalue weighted by Gasteiger charge is -2.36. The van der Waals surface area contributed by atoms with Gasteiger partial charge in [0.05, 0.1) is 12.5 Å². The normalized spacial score (nSPS) is 21.4. The van der Waals surface area contributed by atoms with Gasteiger partial charge in [0, 0.05) is 51.4 Å². The number of amides is 2. The molecule has 2 amide bonds. The van der Waals surface area contributed by atoms with E-state index in [-0.39, 0.29) is 29.6 Å². The Morgan fingerprint density at radius 1 is 1.22 bits per heavy atom. The van der Waals surface area contributed by atoms with E-state index in [9.17, 15) is 14.0 Å². The summed E-state index contributed by atoms with van der Waals surface area (Å²) in [6.07, 6.45) is 2.76. The molecule has 27 heavy (non-hydrogen) atoms. The van der Waals surface area contributed by atoms with Gasteiger partial charge in [-0.3, -0.25) is 9.59 Å². The van der Waals surface area contributed by atoms with Crippen molar-refractivity contribution in [1.82, 2.24) is 10.2 Å². The Kier molecular flexibility index (Phi) is 6.66. The Labute approximate surface area is 159 Å². The van der Waals surface area contributed by atoms with Gasteiger partial charge in [-0.15, -0.1) is 0 Å². The molecule has 1 atom stereocenters. The van der Waals surface area contributed by atoms with Gasteiger partial charge in [-0.2, -0.15) is 0 Å². The molecular weight excluding hydrogens is 349 g/mol. The number of likely N-dealkylation sites (tertiary alicyclic amines) is 1. The summed E-state index contributed by atoms with van der Waals surface area (Å²) < 4.78 is 18.1.